The van der Waals surface area contributed by atoms with Crippen molar-refractivity contribution in [3.8, 4) is 11.5 Å². The predicted molar refractivity (Wildman–Crippen MR) is 88.0 cm³/mol. The average molecular weight is 323 g/mol. The van der Waals surface area contributed by atoms with Gasteiger partial charge in [-0.2, -0.15) is 0 Å². The Kier molecular flexibility index (Phi) is 3.59. The minimum atomic E-state index is 0.477. The Labute approximate surface area is 136 Å². The van der Waals surface area contributed by atoms with Crippen LogP contribution in [0.25, 0.3) is 22.4 Å². The Hall–Kier alpha value is -2.60. The molecule has 4 rings (SSSR count). The maximum Gasteiger partial charge on any atom is 0.277 e. The Morgan fingerprint density at radius 3 is 2.83 bits per heavy atom. The molecule has 0 aliphatic carbocycles. The lowest BCUT2D eigenvalue weighted by Crippen LogP contribution is -1.87. The van der Waals surface area contributed by atoms with E-state index >= 15 is 0 Å². The molecule has 6 heteroatoms. The molecule has 5 nitrogen and oxygen atoms in total. The highest BCUT2D eigenvalue weighted by molar-refractivity contribution is 7.98. The fourth-order valence-corrected chi connectivity index (χ4v) is 2.98. The number of hydrogen-bond acceptors (Lipinski definition) is 6. The van der Waals surface area contributed by atoms with Crippen LogP contribution >= 0.6 is 11.8 Å². The molecular weight excluding hydrogens is 310 g/mol. The van der Waals surface area contributed by atoms with Crippen molar-refractivity contribution in [3.63, 3.8) is 0 Å². The minimum Gasteiger partial charge on any atom is -0.469 e. The number of aryl methyl sites for hydroxylation is 1. The van der Waals surface area contributed by atoms with Gasteiger partial charge in [0.1, 0.15) is 5.76 Å². The summed E-state index contributed by atoms with van der Waals surface area (Å²) in [5.74, 6) is 1.92. The first-order valence-corrected chi connectivity index (χ1v) is 8.13. The zero-order valence-electron chi connectivity index (χ0n) is 12.4. The second-order valence-corrected chi connectivity index (χ2v) is 5.97. The van der Waals surface area contributed by atoms with E-state index in [1.807, 2.05) is 37.3 Å². The molecule has 0 unspecified atom stereocenters. The number of furan rings is 1. The molecule has 0 N–H and O–H groups in total. The molecule has 4 aromatic rings. The number of pyridine rings is 1. The summed E-state index contributed by atoms with van der Waals surface area (Å²) >= 11 is 1.47. The van der Waals surface area contributed by atoms with E-state index in [0.29, 0.717) is 16.9 Å². The van der Waals surface area contributed by atoms with Crippen molar-refractivity contribution in [1.29, 1.82) is 0 Å². The summed E-state index contributed by atoms with van der Waals surface area (Å²) in [4.78, 5) is 4.64. The third-order valence-corrected chi connectivity index (χ3v) is 4.35. The SMILES string of the molecule is Cc1occc1-c1nnc(SCc2ccc3ccccc3n2)o1. The molecule has 0 saturated carbocycles. The number of thioether (sulfide) groups is 1. The third kappa shape index (κ3) is 2.85. The first-order valence-electron chi connectivity index (χ1n) is 7.15. The summed E-state index contributed by atoms with van der Waals surface area (Å²) in [6.45, 7) is 1.87. The van der Waals surface area contributed by atoms with Gasteiger partial charge in [-0.3, -0.25) is 4.98 Å². The van der Waals surface area contributed by atoms with Crippen molar-refractivity contribution >= 4 is 22.7 Å². The van der Waals surface area contributed by atoms with Crippen LogP contribution in [-0.2, 0) is 5.75 Å². The van der Waals surface area contributed by atoms with Crippen LogP contribution in [0, 0.1) is 6.92 Å². The quantitative estimate of drug-likeness (QED) is 0.516. The molecule has 3 heterocycles. The van der Waals surface area contributed by atoms with Crippen molar-refractivity contribution in [2.75, 3.05) is 0 Å². The average Bonchev–Trinajstić information content (AvgIpc) is 3.21. The second-order valence-electron chi connectivity index (χ2n) is 5.05. The molecule has 0 aliphatic heterocycles. The Bertz CT molecular complexity index is 961. The highest BCUT2D eigenvalue weighted by atomic mass is 32.2. The summed E-state index contributed by atoms with van der Waals surface area (Å²) < 4.78 is 10.9. The second kappa shape index (κ2) is 5.89. The standard InChI is InChI=1S/C17H13N3O2S/c1-11-14(8-9-21-11)16-19-20-17(22-16)23-10-13-7-6-12-4-2-3-5-15(12)18-13/h2-9H,10H2,1H3. The molecule has 0 spiro atoms. The lowest BCUT2D eigenvalue weighted by molar-refractivity contribution is 0.463. The van der Waals surface area contributed by atoms with Crippen molar-refractivity contribution in [1.82, 2.24) is 15.2 Å². The van der Waals surface area contributed by atoms with E-state index < -0.39 is 0 Å². The topological polar surface area (TPSA) is 65.0 Å². The van der Waals surface area contributed by atoms with Crippen molar-refractivity contribution in [2.24, 2.45) is 0 Å². The summed E-state index contributed by atoms with van der Waals surface area (Å²) in [6, 6.07) is 14.0. The van der Waals surface area contributed by atoms with Crippen LogP contribution in [0.5, 0.6) is 0 Å². The van der Waals surface area contributed by atoms with Gasteiger partial charge in [0.2, 0.25) is 0 Å². The summed E-state index contributed by atoms with van der Waals surface area (Å²) in [6.07, 6.45) is 1.61. The minimum absolute atomic E-state index is 0.477. The van der Waals surface area contributed by atoms with Gasteiger partial charge in [0.05, 0.1) is 23.0 Å². The predicted octanol–water partition coefficient (Wildman–Crippen LogP) is 4.48. The van der Waals surface area contributed by atoms with Crippen LogP contribution in [0.15, 0.2) is 62.8 Å². The first-order chi connectivity index (χ1) is 11.3. The molecule has 1 aromatic carbocycles. The summed E-state index contributed by atoms with van der Waals surface area (Å²) in [7, 11) is 0. The molecule has 0 bridgehead atoms. The van der Waals surface area contributed by atoms with Gasteiger partial charge in [0.15, 0.2) is 0 Å². The largest absolute Gasteiger partial charge is 0.469 e. The molecule has 0 radical (unpaired) electrons. The fourth-order valence-electron chi connectivity index (χ4n) is 2.31. The molecule has 0 aliphatic rings. The highest BCUT2D eigenvalue weighted by Gasteiger charge is 2.13. The van der Waals surface area contributed by atoms with Gasteiger partial charge in [-0.1, -0.05) is 36.0 Å². The van der Waals surface area contributed by atoms with Crippen LogP contribution in [0.2, 0.25) is 0 Å². The molecule has 0 amide bonds. The fraction of sp³-hybridized carbons (Fsp3) is 0.118. The number of fused-ring (bicyclic) bond motifs is 1. The lowest BCUT2D eigenvalue weighted by atomic mass is 10.2. The van der Waals surface area contributed by atoms with E-state index in [0.717, 1.165) is 27.9 Å². The number of para-hydroxylation sites is 1. The van der Waals surface area contributed by atoms with Gasteiger partial charge in [-0.25, -0.2) is 0 Å². The molecule has 114 valence electrons. The Morgan fingerprint density at radius 2 is 1.96 bits per heavy atom. The van der Waals surface area contributed by atoms with Gasteiger partial charge in [-0.05, 0) is 25.1 Å². The van der Waals surface area contributed by atoms with Gasteiger partial charge >= 0.3 is 0 Å². The molecule has 0 atom stereocenters. The van der Waals surface area contributed by atoms with Crippen molar-refractivity contribution in [3.05, 3.63) is 60.2 Å². The van der Waals surface area contributed by atoms with Crippen molar-refractivity contribution < 1.29 is 8.83 Å². The smallest absolute Gasteiger partial charge is 0.277 e. The summed E-state index contributed by atoms with van der Waals surface area (Å²) in [5.41, 5.74) is 2.80. The number of aromatic nitrogens is 3. The molecule has 23 heavy (non-hydrogen) atoms. The summed E-state index contributed by atoms with van der Waals surface area (Å²) in [5, 5.41) is 9.79. The third-order valence-electron chi connectivity index (χ3n) is 3.50. The Balaban J connectivity index is 1.50. The number of nitrogens with zero attached hydrogens (tertiary/aromatic N) is 3. The molecule has 0 saturated heterocycles. The van der Waals surface area contributed by atoms with Gasteiger partial charge in [0.25, 0.3) is 11.1 Å². The first kappa shape index (κ1) is 14.0. The van der Waals surface area contributed by atoms with Crippen molar-refractivity contribution in [2.45, 2.75) is 17.9 Å². The van der Waals surface area contributed by atoms with Crippen LogP contribution in [0.1, 0.15) is 11.5 Å². The monoisotopic (exact) mass is 323 g/mol. The number of benzene rings is 1. The normalized spacial score (nSPS) is 11.2. The van der Waals surface area contributed by atoms with E-state index in [4.69, 9.17) is 8.83 Å². The Morgan fingerprint density at radius 1 is 1.04 bits per heavy atom. The maximum atomic E-state index is 5.67. The maximum absolute atomic E-state index is 5.67. The molecule has 3 aromatic heterocycles. The zero-order valence-corrected chi connectivity index (χ0v) is 13.2. The van der Waals surface area contributed by atoms with Crippen LogP contribution in [0.3, 0.4) is 0 Å². The van der Waals surface area contributed by atoms with Gasteiger partial charge in [-0.15, -0.1) is 10.2 Å². The molecule has 0 fully saturated rings. The van der Waals surface area contributed by atoms with E-state index in [1.165, 1.54) is 11.8 Å². The van der Waals surface area contributed by atoms with Crippen LogP contribution < -0.4 is 0 Å². The van der Waals surface area contributed by atoms with E-state index in [2.05, 4.69) is 27.3 Å². The molecular formula is C17H13N3O2S. The van der Waals surface area contributed by atoms with Gasteiger partial charge < -0.3 is 8.83 Å². The van der Waals surface area contributed by atoms with E-state index in [-0.39, 0.29) is 0 Å². The zero-order chi connectivity index (χ0) is 15.6. The van der Waals surface area contributed by atoms with Crippen LogP contribution in [-0.4, -0.2) is 15.2 Å². The van der Waals surface area contributed by atoms with Gasteiger partial charge in [0, 0.05) is 11.1 Å². The van der Waals surface area contributed by atoms with Crippen LogP contribution in [0.4, 0.5) is 0 Å². The lowest BCUT2D eigenvalue weighted by Gasteiger charge is -2.00. The van der Waals surface area contributed by atoms with E-state index in [1.54, 1.807) is 6.26 Å². The van der Waals surface area contributed by atoms with E-state index in [9.17, 15) is 0 Å². The highest BCUT2D eigenvalue weighted by Crippen LogP contribution is 2.27. The number of rotatable bonds is 4. The number of hydrogen-bond donors (Lipinski definition) is 0.